The highest BCUT2D eigenvalue weighted by molar-refractivity contribution is 7.90. The molecule has 0 spiro atoms. The molecule has 1 aliphatic heterocycles. The van der Waals surface area contributed by atoms with E-state index in [0.717, 1.165) is 3.97 Å². The molecule has 1 aromatic carbocycles. The quantitative estimate of drug-likeness (QED) is 0.441. The fourth-order valence-electron chi connectivity index (χ4n) is 3.43. The van der Waals surface area contributed by atoms with Crippen LogP contribution in [0.3, 0.4) is 0 Å². The summed E-state index contributed by atoms with van der Waals surface area (Å²) in [6, 6.07) is 9.63. The first-order valence-corrected chi connectivity index (χ1v) is 11.1. The number of rotatable bonds is 5. The summed E-state index contributed by atoms with van der Waals surface area (Å²) in [4.78, 5) is 21.9. The fourth-order valence-corrected chi connectivity index (χ4v) is 4.75. The van der Waals surface area contributed by atoms with Gasteiger partial charge in [-0.1, -0.05) is 18.2 Å². The SMILES string of the molecule is CO[N+](=O)c1cnc2c(ccn2S(=O)(=O)c2ccccc2)c1B1OC(C)(C)C(C)(C)O1. The van der Waals surface area contributed by atoms with Gasteiger partial charge in [0.05, 0.1) is 26.5 Å². The number of benzene rings is 1. The third kappa shape index (κ3) is 3.33. The van der Waals surface area contributed by atoms with Crippen LogP contribution in [-0.4, -0.2) is 47.7 Å². The molecule has 0 aliphatic carbocycles. The second kappa shape index (κ2) is 7.15. The minimum Gasteiger partial charge on any atom is -0.399 e. The van der Waals surface area contributed by atoms with Crippen LogP contribution in [0.1, 0.15) is 27.7 Å². The van der Waals surface area contributed by atoms with Crippen molar-refractivity contribution in [2.24, 2.45) is 0 Å². The summed E-state index contributed by atoms with van der Waals surface area (Å²) in [7, 11) is -3.59. The van der Waals surface area contributed by atoms with Crippen molar-refractivity contribution >= 4 is 39.3 Å². The molecule has 3 heterocycles. The molecule has 0 amide bonds. The van der Waals surface area contributed by atoms with E-state index in [1.807, 2.05) is 27.7 Å². The zero-order valence-electron chi connectivity index (χ0n) is 17.9. The molecule has 11 heteroatoms. The van der Waals surface area contributed by atoms with Gasteiger partial charge in [-0.3, -0.25) is 0 Å². The zero-order valence-corrected chi connectivity index (χ0v) is 18.7. The lowest BCUT2D eigenvalue weighted by molar-refractivity contribution is -0.736. The van der Waals surface area contributed by atoms with Crippen molar-refractivity contribution in [2.75, 3.05) is 7.11 Å². The van der Waals surface area contributed by atoms with Gasteiger partial charge in [0.2, 0.25) is 0 Å². The molecule has 0 atom stereocenters. The number of pyridine rings is 1. The van der Waals surface area contributed by atoms with E-state index in [9.17, 15) is 13.3 Å². The summed E-state index contributed by atoms with van der Waals surface area (Å²) >= 11 is 0. The van der Waals surface area contributed by atoms with Gasteiger partial charge in [-0.05, 0) is 45.9 Å². The van der Waals surface area contributed by atoms with Gasteiger partial charge in [0, 0.05) is 11.6 Å². The Hall–Kier alpha value is -2.76. The van der Waals surface area contributed by atoms with E-state index in [4.69, 9.17) is 14.1 Å². The van der Waals surface area contributed by atoms with Crippen molar-refractivity contribution in [1.29, 1.82) is 0 Å². The minimum atomic E-state index is -3.90. The number of fused-ring (bicyclic) bond motifs is 1. The van der Waals surface area contributed by atoms with Crippen molar-refractivity contribution in [3.05, 3.63) is 53.7 Å². The van der Waals surface area contributed by atoms with Crippen molar-refractivity contribution in [3.8, 4) is 0 Å². The van der Waals surface area contributed by atoms with Crippen LogP contribution in [0.2, 0.25) is 0 Å². The molecular weight excluding hydrogens is 421 g/mol. The van der Waals surface area contributed by atoms with Crippen LogP contribution in [0, 0.1) is 4.91 Å². The Balaban J connectivity index is 1.94. The van der Waals surface area contributed by atoms with Crippen LogP contribution in [0.25, 0.3) is 11.0 Å². The molecule has 162 valence electrons. The van der Waals surface area contributed by atoms with Crippen molar-refractivity contribution in [2.45, 2.75) is 43.8 Å². The topological polar surface area (TPSA) is 99.7 Å². The normalized spacial score (nSPS) is 17.8. The third-order valence-electron chi connectivity index (χ3n) is 5.85. The molecule has 2 aromatic heterocycles. The van der Waals surface area contributed by atoms with E-state index in [-0.39, 0.29) is 16.2 Å². The lowest BCUT2D eigenvalue weighted by atomic mass is 9.76. The van der Waals surface area contributed by atoms with Gasteiger partial charge >= 0.3 is 12.8 Å². The van der Waals surface area contributed by atoms with Gasteiger partial charge in [-0.2, -0.15) is 0 Å². The van der Waals surface area contributed by atoms with Crippen molar-refractivity contribution in [1.82, 2.24) is 8.96 Å². The summed E-state index contributed by atoms with van der Waals surface area (Å²) in [6.45, 7) is 7.56. The second-order valence-electron chi connectivity index (χ2n) is 8.25. The monoisotopic (exact) mass is 444 g/mol. The third-order valence-corrected chi connectivity index (χ3v) is 7.53. The molecule has 3 aromatic rings. The van der Waals surface area contributed by atoms with E-state index < -0.39 is 28.3 Å². The Kier molecular flexibility index (Phi) is 4.95. The van der Waals surface area contributed by atoms with E-state index in [0.29, 0.717) is 15.8 Å². The lowest BCUT2D eigenvalue weighted by Crippen LogP contribution is -2.41. The van der Waals surface area contributed by atoms with E-state index in [2.05, 4.69) is 4.98 Å². The second-order valence-corrected chi connectivity index (χ2v) is 10.1. The summed E-state index contributed by atoms with van der Waals surface area (Å²) < 4.78 is 39.7. The summed E-state index contributed by atoms with van der Waals surface area (Å²) in [5.74, 6) is 0. The van der Waals surface area contributed by atoms with Gasteiger partial charge in [-0.25, -0.2) is 22.2 Å². The Morgan fingerprint density at radius 2 is 1.68 bits per heavy atom. The molecule has 0 saturated carbocycles. The highest BCUT2D eigenvalue weighted by Gasteiger charge is 2.54. The first-order chi connectivity index (χ1) is 14.5. The minimum absolute atomic E-state index is 0.0726. The molecule has 0 unspecified atom stereocenters. The number of aromatic nitrogens is 2. The molecule has 0 bridgehead atoms. The van der Waals surface area contributed by atoms with Gasteiger partial charge in [0.25, 0.3) is 14.9 Å². The first kappa shape index (κ1) is 21.5. The van der Waals surface area contributed by atoms with Gasteiger partial charge < -0.3 is 9.31 Å². The molecule has 31 heavy (non-hydrogen) atoms. The summed E-state index contributed by atoms with van der Waals surface area (Å²) in [5.41, 5.74) is -0.749. The van der Waals surface area contributed by atoms with Crippen molar-refractivity contribution in [3.63, 3.8) is 0 Å². The molecule has 1 aliphatic rings. The molecule has 4 rings (SSSR count). The largest absolute Gasteiger partial charge is 0.502 e. The zero-order chi connectivity index (χ0) is 22.6. The highest BCUT2D eigenvalue weighted by atomic mass is 32.2. The predicted octanol–water partition coefficient (Wildman–Crippen LogP) is 2.54. The van der Waals surface area contributed by atoms with Gasteiger partial charge in [0.15, 0.2) is 12.8 Å². The predicted molar refractivity (Wildman–Crippen MR) is 115 cm³/mol. The smallest absolute Gasteiger partial charge is 0.399 e. The maximum absolute atomic E-state index is 13.2. The Bertz CT molecular complexity index is 1250. The van der Waals surface area contributed by atoms with Crippen LogP contribution in [0.4, 0.5) is 5.69 Å². The van der Waals surface area contributed by atoms with E-state index in [1.54, 1.807) is 24.3 Å². The average Bonchev–Trinajstić information content (AvgIpc) is 3.25. The van der Waals surface area contributed by atoms with Crippen LogP contribution in [0.5, 0.6) is 0 Å². The molecule has 1 saturated heterocycles. The van der Waals surface area contributed by atoms with Crippen LogP contribution < -0.4 is 5.46 Å². The van der Waals surface area contributed by atoms with Gasteiger partial charge in [-0.15, -0.1) is 0 Å². The lowest BCUT2D eigenvalue weighted by Gasteiger charge is -2.32. The Morgan fingerprint density at radius 3 is 2.26 bits per heavy atom. The standard InChI is InChI=1S/C20H23BN3O6S/c1-19(2)20(3,4)30-21(29-19)17-15-11-12-23(18(15)22-13-16(17)24(25)28-5)31(26,27)14-9-7-6-8-10-14/h6-13H,1-5H3/q+1. The molecular formula is C20H23BN3O6S+. The highest BCUT2D eigenvalue weighted by Crippen LogP contribution is 2.38. The van der Waals surface area contributed by atoms with Gasteiger partial charge in [0.1, 0.15) is 6.20 Å². The van der Waals surface area contributed by atoms with Crippen LogP contribution >= 0.6 is 0 Å². The summed E-state index contributed by atoms with van der Waals surface area (Å²) in [6.07, 6.45) is 2.66. The number of hydrogen-bond acceptors (Lipinski definition) is 7. The number of nitrogens with zero attached hydrogens (tertiary/aromatic N) is 3. The molecule has 1 fully saturated rings. The number of hydrogen-bond donors (Lipinski definition) is 0. The maximum atomic E-state index is 13.2. The first-order valence-electron chi connectivity index (χ1n) is 9.67. The Morgan fingerprint density at radius 1 is 1.06 bits per heavy atom. The fraction of sp³-hybridized carbons (Fsp3) is 0.350. The molecule has 0 radical (unpaired) electrons. The van der Waals surface area contributed by atoms with Crippen LogP contribution in [0.15, 0.2) is 53.7 Å². The molecule has 0 N–H and O–H groups in total. The van der Waals surface area contributed by atoms with E-state index in [1.165, 1.54) is 31.6 Å². The average molecular weight is 444 g/mol. The van der Waals surface area contributed by atoms with Crippen LogP contribution in [-0.2, 0) is 24.2 Å². The summed E-state index contributed by atoms with van der Waals surface area (Å²) in [5, 5.41) is 0.411. The van der Waals surface area contributed by atoms with Crippen molar-refractivity contribution < 1.29 is 27.5 Å². The van der Waals surface area contributed by atoms with E-state index >= 15 is 0 Å². The molecule has 9 nitrogen and oxygen atoms in total. The Labute approximate surface area is 180 Å². The maximum Gasteiger partial charge on any atom is 0.502 e.